The van der Waals surface area contributed by atoms with Gasteiger partial charge in [-0.15, -0.1) is 0 Å². The summed E-state index contributed by atoms with van der Waals surface area (Å²) in [6, 6.07) is 9.12. The van der Waals surface area contributed by atoms with Crippen LogP contribution in [0.25, 0.3) is 0 Å². The minimum absolute atomic E-state index is 0.0254. The van der Waals surface area contributed by atoms with Gasteiger partial charge in [0.2, 0.25) is 0 Å². The van der Waals surface area contributed by atoms with Crippen LogP contribution in [-0.4, -0.2) is 65.9 Å². The second-order valence-electron chi connectivity index (χ2n) is 6.57. The number of H-pyrrole nitrogens is 1. The van der Waals surface area contributed by atoms with E-state index in [-0.39, 0.29) is 11.8 Å². The van der Waals surface area contributed by atoms with Crippen molar-refractivity contribution in [2.75, 3.05) is 33.3 Å². The Morgan fingerprint density at radius 3 is 2.04 bits per heavy atom. The van der Waals surface area contributed by atoms with Gasteiger partial charge in [-0.25, -0.2) is 4.79 Å². The van der Waals surface area contributed by atoms with E-state index >= 15 is 0 Å². The molecule has 1 aromatic heterocycles. The summed E-state index contributed by atoms with van der Waals surface area (Å²) in [7, 11) is 1.32. The highest BCUT2D eigenvalue weighted by molar-refractivity contribution is 6.00. The molecular weight excluding hydrogens is 346 g/mol. The van der Waals surface area contributed by atoms with Gasteiger partial charge < -0.3 is 19.5 Å². The van der Waals surface area contributed by atoms with E-state index in [0.29, 0.717) is 54.3 Å². The van der Waals surface area contributed by atoms with Gasteiger partial charge >= 0.3 is 5.97 Å². The molecule has 0 spiro atoms. The van der Waals surface area contributed by atoms with Crippen LogP contribution in [0.4, 0.5) is 0 Å². The SMILES string of the molecule is COC(=O)c1c(C)[nH]c(C(=O)N2CCN(C(=O)c3ccccc3)CC2)c1C. The maximum Gasteiger partial charge on any atom is 0.339 e. The molecule has 0 aliphatic carbocycles. The quantitative estimate of drug-likeness (QED) is 0.839. The van der Waals surface area contributed by atoms with Crippen molar-refractivity contribution in [1.29, 1.82) is 0 Å². The first-order valence-electron chi connectivity index (χ1n) is 8.85. The molecule has 1 aliphatic rings. The molecule has 7 nitrogen and oxygen atoms in total. The molecule has 1 saturated heterocycles. The summed E-state index contributed by atoms with van der Waals surface area (Å²) in [5.74, 6) is -0.654. The Kier molecular flexibility index (Phi) is 5.30. The molecule has 142 valence electrons. The number of ether oxygens (including phenoxy) is 1. The Hall–Kier alpha value is -3.09. The lowest BCUT2D eigenvalue weighted by atomic mass is 10.1. The predicted molar refractivity (Wildman–Crippen MR) is 99.9 cm³/mol. The van der Waals surface area contributed by atoms with Crippen LogP contribution in [0, 0.1) is 13.8 Å². The Morgan fingerprint density at radius 2 is 1.48 bits per heavy atom. The molecule has 0 unspecified atom stereocenters. The van der Waals surface area contributed by atoms with E-state index in [9.17, 15) is 14.4 Å². The van der Waals surface area contributed by atoms with Gasteiger partial charge in [0.1, 0.15) is 5.69 Å². The smallest absolute Gasteiger partial charge is 0.339 e. The van der Waals surface area contributed by atoms with Crippen molar-refractivity contribution in [3.8, 4) is 0 Å². The molecule has 2 heterocycles. The molecule has 1 fully saturated rings. The molecule has 0 radical (unpaired) electrons. The van der Waals surface area contributed by atoms with Gasteiger partial charge in [0.15, 0.2) is 0 Å². The van der Waals surface area contributed by atoms with E-state index in [1.807, 2.05) is 18.2 Å². The molecule has 0 atom stereocenters. The number of aromatic amines is 1. The Balaban J connectivity index is 1.69. The largest absolute Gasteiger partial charge is 0.465 e. The summed E-state index contributed by atoms with van der Waals surface area (Å²) in [4.78, 5) is 43.8. The predicted octanol–water partition coefficient (Wildman–Crippen LogP) is 2.02. The number of piperazine rings is 1. The van der Waals surface area contributed by atoms with Crippen LogP contribution in [0.15, 0.2) is 30.3 Å². The number of aromatic nitrogens is 1. The molecule has 0 bridgehead atoms. The third-order valence-electron chi connectivity index (χ3n) is 4.92. The number of benzene rings is 1. The van der Waals surface area contributed by atoms with Crippen LogP contribution >= 0.6 is 0 Å². The van der Waals surface area contributed by atoms with Crippen molar-refractivity contribution in [1.82, 2.24) is 14.8 Å². The van der Waals surface area contributed by atoms with Crippen LogP contribution in [0.5, 0.6) is 0 Å². The van der Waals surface area contributed by atoms with Gasteiger partial charge in [0, 0.05) is 37.4 Å². The van der Waals surface area contributed by atoms with Crippen LogP contribution in [-0.2, 0) is 4.74 Å². The van der Waals surface area contributed by atoms with Crippen LogP contribution in [0.2, 0.25) is 0 Å². The number of hydrogen-bond donors (Lipinski definition) is 1. The van der Waals surface area contributed by atoms with Crippen molar-refractivity contribution in [3.63, 3.8) is 0 Å². The Morgan fingerprint density at radius 1 is 0.926 bits per heavy atom. The zero-order chi connectivity index (χ0) is 19.6. The number of rotatable bonds is 3. The highest BCUT2D eigenvalue weighted by Gasteiger charge is 2.29. The lowest BCUT2D eigenvalue weighted by Crippen LogP contribution is -2.50. The van der Waals surface area contributed by atoms with E-state index in [2.05, 4.69) is 4.98 Å². The fourth-order valence-electron chi connectivity index (χ4n) is 3.41. The van der Waals surface area contributed by atoms with Crippen molar-refractivity contribution in [2.45, 2.75) is 13.8 Å². The maximum absolute atomic E-state index is 12.9. The molecule has 0 saturated carbocycles. The molecule has 1 aromatic carbocycles. The number of aryl methyl sites for hydroxylation is 1. The number of methoxy groups -OCH3 is 1. The first kappa shape index (κ1) is 18.7. The van der Waals surface area contributed by atoms with E-state index < -0.39 is 5.97 Å². The van der Waals surface area contributed by atoms with E-state index in [1.54, 1.807) is 35.8 Å². The minimum Gasteiger partial charge on any atom is -0.465 e. The number of nitrogens with one attached hydrogen (secondary N) is 1. The van der Waals surface area contributed by atoms with Crippen LogP contribution < -0.4 is 0 Å². The molecule has 2 aromatic rings. The van der Waals surface area contributed by atoms with E-state index in [0.717, 1.165) is 0 Å². The summed E-state index contributed by atoms with van der Waals surface area (Å²) in [5.41, 5.74) is 2.65. The standard InChI is InChI=1S/C20H23N3O4/c1-13-16(20(26)27-3)14(2)21-17(13)19(25)23-11-9-22(10-12-23)18(24)15-7-5-4-6-8-15/h4-8,21H,9-12H2,1-3H3. The Labute approximate surface area is 157 Å². The third-order valence-corrected chi connectivity index (χ3v) is 4.92. The molecule has 27 heavy (non-hydrogen) atoms. The average Bonchev–Trinajstić information content (AvgIpc) is 3.01. The number of hydrogen-bond acceptors (Lipinski definition) is 4. The molecule has 3 rings (SSSR count). The topological polar surface area (TPSA) is 82.7 Å². The zero-order valence-electron chi connectivity index (χ0n) is 15.7. The van der Waals surface area contributed by atoms with E-state index in [4.69, 9.17) is 4.74 Å². The third kappa shape index (κ3) is 3.58. The fourth-order valence-corrected chi connectivity index (χ4v) is 3.41. The Bertz CT molecular complexity index is 865. The molecule has 2 amide bonds. The molecular formula is C20H23N3O4. The number of nitrogens with zero attached hydrogens (tertiary/aromatic N) is 2. The lowest BCUT2D eigenvalue weighted by Gasteiger charge is -2.34. The normalized spacial score (nSPS) is 14.2. The van der Waals surface area contributed by atoms with Crippen molar-refractivity contribution < 1.29 is 19.1 Å². The second kappa shape index (κ2) is 7.65. The molecule has 1 N–H and O–H groups in total. The highest BCUT2D eigenvalue weighted by Crippen LogP contribution is 2.21. The fraction of sp³-hybridized carbons (Fsp3) is 0.350. The van der Waals surface area contributed by atoms with Gasteiger partial charge in [-0.2, -0.15) is 0 Å². The van der Waals surface area contributed by atoms with Gasteiger partial charge in [-0.3, -0.25) is 9.59 Å². The minimum atomic E-state index is -0.460. The zero-order valence-corrected chi connectivity index (χ0v) is 15.7. The van der Waals surface area contributed by atoms with E-state index in [1.165, 1.54) is 7.11 Å². The second-order valence-corrected chi connectivity index (χ2v) is 6.57. The summed E-state index contributed by atoms with van der Waals surface area (Å²) in [6.45, 7) is 5.32. The molecule has 1 aliphatic heterocycles. The van der Waals surface area contributed by atoms with Gasteiger partial charge in [-0.05, 0) is 31.5 Å². The summed E-state index contributed by atoms with van der Waals surface area (Å²) >= 11 is 0. The summed E-state index contributed by atoms with van der Waals surface area (Å²) < 4.78 is 4.79. The summed E-state index contributed by atoms with van der Waals surface area (Å²) in [6.07, 6.45) is 0. The van der Waals surface area contributed by atoms with Crippen molar-refractivity contribution in [3.05, 3.63) is 58.4 Å². The number of esters is 1. The van der Waals surface area contributed by atoms with Gasteiger partial charge in [0.25, 0.3) is 11.8 Å². The first-order chi connectivity index (χ1) is 12.9. The van der Waals surface area contributed by atoms with Gasteiger partial charge in [0.05, 0.1) is 12.7 Å². The highest BCUT2D eigenvalue weighted by atomic mass is 16.5. The monoisotopic (exact) mass is 369 g/mol. The van der Waals surface area contributed by atoms with Crippen molar-refractivity contribution >= 4 is 17.8 Å². The lowest BCUT2D eigenvalue weighted by molar-refractivity contribution is 0.0532. The molecule has 7 heteroatoms. The van der Waals surface area contributed by atoms with Crippen molar-refractivity contribution in [2.24, 2.45) is 0 Å². The number of amides is 2. The summed E-state index contributed by atoms with van der Waals surface area (Å²) in [5, 5.41) is 0. The van der Waals surface area contributed by atoms with Crippen LogP contribution in [0.3, 0.4) is 0 Å². The van der Waals surface area contributed by atoms with Gasteiger partial charge in [-0.1, -0.05) is 18.2 Å². The number of carbonyl (C=O) groups is 3. The average molecular weight is 369 g/mol. The maximum atomic E-state index is 12.9. The number of carbonyl (C=O) groups excluding carboxylic acids is 3. The van der Waals surface area contributed by atoms with Crippen LogP contribution in [0.1, 0.15) is 42.5 Å². The first-order valence-corrected chi connectivity index (χ1v) is 8.85.